The number of nitrogens with zero attached hydrogens (tertiary/aromatic N) is 1. The van der Waals surface area contributed by atoms with E-state index in [2.05, 4.69) is 21.1 Å². The molecule has 0 aliphatic heterocycles. The SMILES string of the molecule is CCCC(C)(P)c1ncccc1F. The number of halogens is 1. The zero-order valence-corrected chi connectivity index (χ0v) is 9.20. The van der Waals surface area contributed by atoms with Crippen LogP contribution in [0.2, 0.25) is 0 Å². The molecule has 1 heterocycles. The molecule has 1 rings (SSSR count). The van der Waals surface area contributed by atoms with Crippen molar-refractivity contribution in [3.05, 3.63) is 29.8 Å². The molecule has 0 N–H and O–H groups in total. The van der Waals surface area contributed by atoms with Crippen molar-refractivity contribution in [1.82, 2.24) is 4.98 Å². The van der Waals surface area contributed by atoms with Gasteiger partial charge in [0.1, 0.15) is 5.82 Å². The first-order valence-corrected chi connectivity index (χ1v) is 5.05. The molecule has 2 unspecified atom stereocenters. The van der Waals surface area contributed by atoms with Crippen LogP contribution in [0.3, 0.4) is 0 Å². The highest BCUT2D eigenvalue weighted by molar-refractivity contribution is 7.18. The Balaban J connectivity index is 2.99. The molecular formula is C10H15FNP. The van der Waals surface area contributed by atoms with E-state index in [1.807, 2.05) is 6.92 Å². The van der Waals surface area contributed by atoms with E-state index in [9.17, 15) is 4.39 Å². The van der Waals surface area contributed by atoms with Gasteiger partial charge in [-0.15, -0.1) is 9.24 Å². The number of aromatic nitrogens is 1. The van der Waals surface area contributed by atoms with E-state index in [0.29, 0.717) is 5.69 Å². The summed E-state index contributed by atoms with van der Waals surface area (Å²) in [5.74, 6) is -0.214. The fraction of sp³-hybridized carbons (Fsp3) is 0.500. The molecule has 2 atom stereocenters. The van der Waals surface area contributed by atoms with E-state index in [4.69, 9.17) is 0 Å². The molecule has 1 nitrogen and oxygen atoms in total. The van der Waals surface area contributed by atoms with Crippen molar-refractivity contribution in [3.63, 3.8) is 0 Å². The molecule has 0 saturated carbocycles. The van der Waals surface area contributed by atoms with Crippen LogP contribution in [-0.4, -0.2) is 4.98 Å². The standard InChI is InChI=1S/C10H15FNP/c1-3-6-10(2,13)9-8(11)5-4-7-12-9/h4-5,7H,3,6,13H2,1-2H3. The molecule has 0 saturated heterocycles. The van der Waals surface area contributed by atoms with Gasteiger partial charge in [-0.2, -0.15) is 0 Å². The third-order valence-electron chi connectivity index (χ3n) is 2.07. The third-order valence-corrected chi connectivity index (χ3v) is 2.63. The van der Waals surface area contributed by atoms with Crippen molar-refractivity contribution in [1.29, 1.82) is 0 Å². The number of hydrogen-bond acceptors (Lipinski definition) is 1. The van der Waals surface area contributed by atoms with Crippen LogP contribution in [0.25, 0.3) is 0 Å². The molecule has 0 radical (unpaired) electrons. The van der Waals surface area contributed by atoms with Gasteiger partial charge < -0.3 is 0 Å². The van der Waals surface area contributed by atoms with E-state index >= 15 is 0 Å². The highest BCUT2D eigenvalue weighted by Gasteiger charge is 2.24. The third kappa shape index (κ3) is 2.47. The molecule has 1 aromatic heterocycles. The molecule has 0 fully saturated rings. The normalized spacial score (nSPS) is 15.4. The van der Waals surface area contributed by atoms with Crippen molar-refractivity contribution in [2.24, 2.45) is 0 Å². The molecule has 13 heavy (non-hydrogen) atoms. The maximum Gasteiger partial charge on any atom is 0.145 e. The van der Waals surface area contributed by atoms with Crippen LogP contribution in [0.15, 0.2) is 18.3 Å². The second-order valence-electron chi connectivity index (χ2n) is 3.50. The summed E-state index contributed by atoms with van der Waals surface area (Å²) in [7, 11) is 2.68. The minimum atomic E-state index is -0.236. The van der Waals surface area contributed by atoms with Gasteiger partial charge in [-0.3, -0.25) is 4.98 Å². The Morgan fingerprint density at radius 1 is 1.62 bits per heavy atom. The predicted molar refractivity (Wildman–Crippen MR) is 56.2 cm³/mol. The Hall–Kier alpha value is -0.490. The first kappa shape index (κ1) is 10.6. The molecule has 0 amide bonds. The van der Waals surface area contributed by atoms with Crippen LogP contribution in [0.1, 0.15) is 32.4 Å². The second-order valence-corrected chi connectivity index (χ2v) is 4.78. The first-order chi connectivity index (χ1) is 6.08. The van der Waals surface area contributed by atoms with Crippen LogP contribution in [-0.2, 0) is 5.16 Å². The Labute approximate surface area is 81.0 Å². The summed E-state index contributed by atoms with van der Waals surface area (Å²) in [6, 6.07) is 3.08. The fourth-order valence-corrected chi connectivity index (χ4v) is 1.94. The summed E-state index contributed by atoms with van der Waals surface area (Å²) in [6.07, 6.45) is 3.58. The van der Waals surface area contributed by atoms with Crippen LogP contribution in [0.5, 0.6) is 0 Å². The van der Waals surface area contributed by atoms with Crippen molar-refractivity contribution in [2.75, 3.05) is 0 Å². The Bertz CT molecular complexity index is 286. The smallest absolute Gasteiger partial charge is 0.145 e. The maximum atomic E-state index is 13.3. The summed E-state index contributed by atoms with van der Waals surface area (Å²) in [6.45, 7) is 4.08. The van der Waals surface area contributed by atoms with Gasteiger partial charge in [0, 0.05) is 11.4 Å². The zero-order chi connectivity index (χ0) is 9.90. The predicted octanol–water partition coefficient (Wildman–Crippen LogP) is 3.11. The minimum Gasteiger partial charge on any atom is -0.257 e. The molecule has 0 aromatic carbocycles. The minimum absolute atomic E-state index is 0.214. The molecular weight excluding hydrogens is 184 g/mol. The van der Waals surface area contributed by atoms with Crippen LogP contribution < -0.4 is 0 Å². The average Bonchev–Trinajstić information content (AvgIpc) is 2.04. The van der Waals surface area contributed by atoms with Gasteiger partial charge >= 0.3 is 0 Å². The zero-order valence-electron chi connectivity index (χ0n) is 8.05. The molecule has 0 bridgehead atoms. The quantitative estimate of drug-likeness (QED) is 0.681. The van der Waals surface area contributed by atoms with E-state index in [-0.39, 0.29) is 11.0 Å². The Kier molecular flexibility index (Phi) is 3.38. The van der Waals surface area contributed by atoms with Crippen molar-refractivity contribution in [3.8, 4) is 0 Å². The van der Waals surface area contributed by atoms with Gasteiger partial charge in [0.25, 0.3) is 0 Å². The summed E-state index contributed by atoms with van der Waals surface area (Å²) in [4.78, 5) is 4.07. The maximum absolute atomic E-state index is 13.3. The van der Waals surface area contributed by atoms with E-state index in [0.717, 1.165) is 12.8 Å². The number of hydrogen-bond donors (Lipinski definition) is 0. The molecule has 0 aliphatic rings. The van der Waals surface area contributed by atoms with Crippen LogP contribution in [0, 0.1) is 5.82 Å². The summed E-state index contributed by atoms with van der Waals surface area (Å²) < 4.78 is 13.3. The molecule has 72 valence electrons. The topological polar surface area (TPSA) is 12.9 Å². The van der Waals surface area contributed by atoms with Crippen molar-refractivity contribution >= 4 is 9.24 Å². The largest absolute Gasteiger partial charge is 0.257 e. The lowest BCUT2D eigenvalue weighted by molar-refractivity contribution is 0.525. The molecule has 1 aromatic rings. The molecule has 0 spiro atoms. The average molecular weight is 199 g/mol. The highest BCUT2D eigenvalue weighted by Crippen LogP contribution is 2.35. The van der Waals surface area contributed by atoms with Crippen molar-refractivity contribution in [2.45, 2.75) is 31.8 Å². The monoisotopic (exact) mass is 199 g/mol. The van der Waals surface area contributed by atoms with Gasteiger partial charge in [-0.1, -0.05) is 20.3 Å². The van der Waals surface area contributed by atoms with Gasteiger partial charge in [-0.05, 0) is 18.6 Å². The van der Waals surface area contributed by atoms with E-state index in [1.54, 1.807) is 12.3 Å². The van der Waals surface area contributed by atoms with Gasteiger partial charge in [0.2, 0.25) is 0 Å². The van der Waals surface area contributed by atoms with Crippen LogP contribution >= 0.6 is 9.24 Å². The number of rotatable bonds is 3. The number of pyridine rings is 1. The van der Waals surface area contributed by atoms with E-state index in [1.165, 1.54) is 6.07 Å². The Morgan fingerprint density at radius 2 is 2.31 bits per heavy atom. The fourth-order valence-electron chi connectivity index (χ4n) is 1.44. The van der Waals surface area contributed by atoms with Crippen LogP contribution in [0.4, 0.5) is 4.39 Å². The van der Waals surface area contributed by atoms with Gasteiger partial charge in [-0.25, -0.2) is 4.39 Å². The van der Waals surface area contributed by atoms with E-state index < -0.39 is 0 Å². The second kappa shape index (κ2) is 4.15. The molecule has 0 aliphatic carbocycles. The van der Waals surface area contributed by atoms with Crippen molar-refractivity contribution < 1.29 is 4.39 Å². The highest BCUT2D eigenvalue weighted by atomic mass is 31.0. The summed E-state index contributed by atoms with van der Waals surface area (Å²) >= 11 is 0. The summed E-state index contributed by atoms with van der Waals surface area (Å²) in [5.41, 5.74) is 0.543. The lowest BCUT2D eigenvalue weighted by Crippen LogP contribution is -2.16. The van der Waals surface area contributed by atoms with Gasteiger partial charge in [0.05, 0.1) is 5.69 Å². The van der Waals surface area contributed by atoms with Gasteiger partial charge in [0.15, 0.2) is 0 Å². The lowest BCUT2D eigenvalue weighted by atomic mass is 10.00. The molecule has 3 heteroatoms. The first-order valence-electron chi connectivity index (χ1n) is 4.48. The Morgan fingerprint density at radius 3 is 2.85 bits per heavy atom. The summed E-state index contributed by atoms with van der Waals surface area (Å²) in [5, 5.41) is -0.236. The lowest BCUT2D eigenvalue weighted by Gasteiger charge is -2.23.